The number of halogens is 1. The van der Waals surface area contributed by atoms with Gasteiger partial charge in [-0.1, -0.05) is 6.07 Å². The van der Waals surface area contributed by atoms with Crippen molar-refractivity contribution in [3.8, 4) is 0 Å². The lowest BCUT2D eigenvalue weighted by molar-refractivity contribution is 0.609. The summed E-state index contributed by atoms with van der Waals surface area (Å²) in [6, 6.07) is 5.39. The van der Waals surface area contributed by atoms with Gasteiger partial charge in [0, 0.05) is 16.7 Å². The van der Waals surface area contributed by atoms with Crippen LogP contribution in [0.3, 0.4) is 0 Å². The Balaban J connectivity index is 2.44. The molecule has 1 aromatic carbocycles. The molecule has 3 rings (SSSR count). The van der Waals surface area contributed by atoms with E-state index in [0.717, 1.165) is 18.7 Å². The van der Waals surface area contributed by atoms with Crippen molar-refractivity contribution in [2.75, 3.05) is 0 Å². The average Bonchev–Trinajstić information content (AvgIpc) is 2.98. The molecule has 6 heteroatoms. The van der Waals surface area contributed by atoms with Gasteiger partial charge in [0.15, 0.2) is 0 Å². The number of fused-ring (bicyclic) bond motifs is 1. The van der Waals surface area contributed by atoms with Crippen molar-refractivity contribution in [1.29, 1.82) is 0 Å². The highest BCUT2D eigenvalue weighted by atomic mass is 35.7. The SMILES string of the molecule is Cc1nc2cccc(S(=O)(=O)Cl)c2n1C1CC1. The number of aromatic nitrogens is 2. The van der Waals surface area contributed by atoms with Crippen LogP contribution in [0.2, 0.25) is 0 Å². The van der Waals surface area contributed by atoms with Gasteiger partial charge in [0.2, 0.25) is 0 Å². The number of nitrogens with zero attached hydrogens (tertiary/aromatic N) is 2. The van der Waals surface area contributed by atoms with E-state index in [9.17, 15) is 8.42 Å². The Morgan fingerprint density at radius 2 is 2.12 bits per heavy atom. The van der Waals surface area contributed by atoms with Crippen LogP contribution in [0.5, 0.6) is 0 Å². The fourth-order valence-electron chi connectivity index (χ4n) is 2.21. The molecule has 1 aliphatic carbocycles. The lowest BCUT2D eigenvalue weighted by Gasteiger charge is -2.06. The maximum atomic E-state index is 11.6. The maximum Gasteiger partial charge on any atom is 0.263 e. The minimum absolute atomic E-state index is 0.157. The van der Waals surface area contributed by atoms with Gasteiger partial charge in [-0.15, -0.1) is 0 Å². The highest BCUT2D eigenvalue weighted by molar-refractivity contribution is 8.14. The molecule has 4 nitrogen and oxygen atoms in total. The van der Waals surface area contributed by atoms with Gasteiger partial charge in [0.25, 0.3) is 9.05 Å². The van der Waals surface area contributed by atoms with E-state index in [0.29, 0.717) is 17.1 Å². The number of imidazole rings is 1. The first-order chi connectivity index (χ1) is 7.98. The van der Waals surface area contributed by atoms with Gasteiger partial charge in [-0.25, -0.2) is 13.4 Å². The van der Waals surface area contributed by atoms with Crippen LogP contribution in [-0.4, -0.2) is 18.0 Å². The largest absolute Gasteiger partial charge is 0.324 e. The second-order valence-corrected chi connectivity index (χ2v) is 6.86. The summed E-state index contributed by atoms with van der Waals surface area (Å²) < 4.78 is 25.1. The summed E-state index contributed by atoms with van der Waals surface area (Å²) >= 11 is 0. The molecule has 0 N–H and O–H groups in total. The molecular weight excluding hydrogens is 260 g/mol. The first-order valence-electron chi connectivity index (χ1n) is 5.40. The summed E-state index contributed by atoms with van der Waals surface area (Å²) in [7, 11) is 1.74. The molecule has 0 radical (unpaired) electrons. The minimum Gasteiger partial charge on any atom is -0.324 e. The van der Waals surface area contributed by atoms with Crippen LogP contribution >= 0.6 is 10.7 Å². The molecule has 0 amide bonds. The molecule has 1 fully saturated rings. The Labute approximate surface area is 104 Å². The molecule has 0 atom stereocenters. The molecule has 0 spiro atoms. The third-order valence-electron chi connectivity index (χ3n) is 3.02. The van der Waals surface area contributed by atoms with E-state index in [1.54, 1.807) is 6.07 Å². The fourth-order valence-corrected chi connectivity index (χ4v) is 3.26. The Morgan fingerprint density at radius 3 is 2.71 bits per heavy atom. The van der Waals surface area contributed by atoms with Crippen LogP contribution in [0, 0.1) is 6.92 Å². The predicted octanol–water partition coefficient (Wildman–Crippen LogP) is 2.61. The Bertz CT molecular complexity index is 702. The van der Waals surface area contributed by atoms with Gasteiger partial charge in [-0.2, -0.15) is 0 Å². The number of rotatable bonds is 2. The summed E-state index contributed by atoms with van der Waals surface area (Å²) in [5.41, 5.74) is 1.33. The predicted molar refractivity (Wildman–Crippen MR) is 65.8 cm³/mol. The van der Waals surface area contributed by atoms with Crippen molar-refractivity contribution >= 4 is 30.8 Å². The van der Waals surface area contributed by atoms with Gasteiger partial charge in [-0.3, -0.25) is 0 Å². The van der Waals surface area contributed by atoms with Crippen molar-refractivity contribution in [2.45, 2.75) is 30.7 Å². The zero-order valence-electron chi connectivity index (χ0n) is 9.22. The molecule has 1 aromatic heterocycles. The molecule has 2 aromatic rings. The highest BCUT2D eigenvalue weighted by Crippen LogP contribution is 2.40. The Hall–Kier alpha value is -1.07. The second-order valence-electron chi connectivity index (χ2n) is 4.32. The van der Waals surface area contributed by atoms with Gasteiger partial charge in [0.05, 0.1) is 11.0 Å². The van der Waals surface area contributed by atoms with Gasteiger partial charge >= 0.3 is 0 Å². The standard InChI is InChI=1S/C11H11ClN2O2S/c1-7-13-9-3-2-4-10(17(12,15)16)11(9)14(7)8-5-6-8/h2-4,8H,5-6H2,1H3. The number of para-hydroxylation sites is 1. The quantitative estimate of drug-likeness (QED) is 0.788. The van der Waals surface area contributed by atoms with Crippen LogP contribution in [-0.2, 0) is 9.05 Å². The minimum atomic E-state index is -3.73. The molecule has 1 aliphatic rings. The zero-order chi connectivity index (χ0) is 12.2. The summed E-state index contributed by atoms with van der Waals surface area (Å²) in [5.74, 6) is 0.843. The summed E-state index contributed by atoms with van der Waals surface area (Å²) in [5, 5.41) is 0. The zero-order valence-corrected chi connectivity index (χ0v) is 10.8. The first kappa shape index (κ1) is 11.0. The molecule has 1 heterocycles. The highest BCUT2D eigenvalue weighted by Gasteiger charge is 2.29. The van der Waals surface area contributed by atoms with Crippen LogP contribution in [0.4, 0.5) is 0 Å². The van der Waals surface area contributed by atoms with Crippen molar-refractivity contribution in [1.82, 2.24) is 9.55 Å². The molecule has 0 aliphatic heterocycles. The van der Waals surface area contributed by atoms with E-state index in [2.05, 4.69) is 4.98 Å². The third kappa shape index (κ3) is 1.73. The molecule has 0 unspecified atom stereocenters. The number of aryl methyl sites for hydroxylation is 1. The number of hydrogen-bond acceptors (Lipinski definition) is 3. The first-order valence-corrected chi connectivity index (χ1v) is 7.71. The molecular formula is C11H11ClN2O2S. The summed E-state index contributed by atoms with van der Waals surface area (Å²) in [6.07, 6.45) is 2.14. The van der Waals surface area contributed by atoms with E-state index in [1.807, 2.05) is 17.6 Å². The number of benzene rings is 1. The van der Waals surface area contributed by atoms with E-state index >= 15 is 0 Å². The van der Waals surface area contributed by atoms with Crippen LogP contribution < -0.4 is 0 Å². The van der Waals surface area contributed by atoms with Crippen LogP contribution in [0.15, 0.2) is 23.1 Å². The topological polar surface area (TPSA) is 52.0 Å². The average molecular weight is 271 g/mol. The van der Waals surface area contributed by atoms with Crippen molar-refractivity contribution < 1.29 is 8.42 Å². The normalized spacial score (nSPS) is 16.6. The Morgan fingerprint density at radius 1 is 1.41 bits per heavy atom. The fraction of sp³-hybridized carbons (Fsp3) is 0.364. The molecule has 17 heavy (non-hydrogen) atoms. The third-order valence-corrected chi connectivity index (χ3v) is 4.38. The summed E-state index contributed by atoms with van der Waals surface area (Å²) in [4.78, 5) is 4.55. The second kappa shape index (κ2) is 3.46. The number of hydrogen-bond donors (Lipinski definition) is 0. The lowest BCUT2D eigenvalue weighted by Crippen LogP contribution is -2.01. The van der Waals surface area contributed by atoms with Gasteiger partial charge in [-0.05, 0) is 31.9 Å². The van der Waals surface area contributed by atoms with E-state index in [1.165, 1.54) is 6.07 Å². The van der Waals surface area contributed by atoms with Gasteiger partial charge < -0.3 is 4.57 Å². The molecule has 0 bridgehead atoms. The smallest absolute Gasteiger partial charge is 0.263 e. The van der Waals surface area contributed by atoms with Gasteiger partial charge in [0.1, 0.15) is 10.7 Å². The van der Waals surface area contributed by atoms with Crippen molar-refractivity contribution in [2.24, 2.45) is 0 Å². The van der Waals surface area contributed by atoms with Crippen molar-refractivity contribution in [3.05, 3.63) is 24.0 Å². The van der Waals surface area contributed by atoms with E-state index in [4.69, 9.17) is 10.7 Å². The van der Waals surface area contributed by atoms with E-state index in [-0.39, 0.29) is 4.90 Å². The monoisotopic (exact) mass is 270 g/mol. The summed E-state index contributed by atoms with van der Waals surface area (Å²) in [6.45, 7) is 1.89. The maximum absolute atomic E-state index is 11.6. The van der Waals surface area contributed by atoms with Crippen molar-refractivity contribution in [3.63, 3.8) is 0 Å². The Kier molecular flexibility index (Phi) is 2.25. The molecule has 0 saturated heterocycles. The van der Waals surface area contributed by atoms with E-state index < -0.39 is 9.05 Å². The van der Waals surface area contributed by atoms with Crippen LogP contribution in [0.1, 0.15) is 24.7 Å². The molecule has 1 saturated carbocycles. The lowest BCUT2D eigenvalue weighted by atomic mass is 10.3. The van der Waals surface area contributed by atoms with Crippen LogP contribution in [0.25, 0.3) is 11.0 Å². The molecule has 90 valence electrons.